The third-order valence-electron chi connectivity index (χ3n) is 4.32. The van der Waals surface area contributed by atoms with E-state index < -0.39 is 9.84 Å². The lowest BCUT2D eigenvalue weighted by atomic mass is 10.0. The molecule has 118 valence electrons. The van der Waals surface area contributed by atoms with Gasteiger partial charge in [0.1, 0.15) is 0 Å². The van der Waals surface area contributed by atoms with Gasteiger partial charge in [-0.15, -0.1) is 0 Å². The molecule has 4 nitrogen and oxygen atoms in total. The molecule has 21 heavy (non-hydrogen) atoms. The molecule has 5 heteroatoms. The van der Waals surface area contributed by atoms with Gasteiger partial charge >= 0.3 is 0 Å². The molecule has 0 aliphatic carbocycles. The fourth-order valence-corrected chi connectivity index (χ4v) is 4.75. The van der Waals surface area contributed by atoms with Crippen molar-refractivity contribution in [2.24, 2.45) is 0 Å². The van der Waals surface area contributed by atoms with Crippen LogP contribution in [0.5, 0.6) is 0 Å². The highest BCUT2D eigenvalue weighted by atomic mass is 32.2. The van der Waals surface area contributed by atoms with Gasteiger partial charge in [0.05, 0.1) is 11.5 Å². The van der Waals surface area contributed by atoms with Crippen molar-refractivity contribution in [2.75, 3.05) is 30.0 Å². The summed E-state index contributed by atoms with van der Waals surface area (Å²) in [6.45, 7) is 5.25. The lowest BCUT2D eigenvalue weighted by Crippen LogP contribution is -2.32. The first-order valence-electron chi connectivity index (χ1n) is 7.73. The van der Waals surface area contributed by atoms with E-state index >= 15 is 0 Å². The number of nitrogens with zero attached hydrogens (tertiary/aromatic N) is 1. The zero-order chi connectivity index (χ0) is 15.5. The topological polar surface area (TPSA) is 49.4 Å². The molecule has 0 radical (unpaired) electrons. The Morgan fingerprint density at radius 3 is 2.43 bits per heavy atom. The van der Waals surface area contributed by atoms with Crippen molar-refractivity contribution in [3.63, 3.8) is 0 Å². The van der Waals surface area contributed by atoms with Crippen LogP contribution in [0.15, 0.2) is 24.3 Å². The van der Waals surface area contributed by atoms with E-state index in [2.05, 4.69) is 48.3 Å². The van der Waals surface area contributed by atoms with Crippen molar-refractivity contribution in [1.82, 2.24) is 5.32 Å². The molecule has 2 atom stereocenters. The molecule has 0 aromatic heterocycles. The minimum Gasteiger partial charge on any atom is -0.371 e. The van der Waals surface area contributed by atoms with Crippen LogP contribution in [0, 0.1) is 0 Å². The number of benzene rings is 1. The summed E-state index contributed by atoms with van der Waals surface area (Å²) in [5, 5.41) is 3.47. The lowest BCUT2D eigenvalue weighted by Gasteiger charge is -2.26. The van der Waals surface area contributed by atoms with Crippen LogP contribution in [-0.2, 0) is 9.84 Å². The average Bonchev–Trinajstić information content (AvgIpc) is 2.84. The van der Waals surface area contributed by atoms with Crippen molar-refractivity contribution in [3.05, 3.63) is 29.8 Å². The van der Waals surface area contributed by atoms with Crippen LogP contribution in [0.25, 0.3) is 0 Å². The molecular formula is C16H26N2O2S. The predicted octanol–water partition coefficient (Wildman–Crippen LogP) is 2.37. The summed E-state index contributed by atoms with van der Waals surface area (Å²) < 4.78 is 23.2. The molecule has 0 bridgehead atoms. The second kappa shape index (κ2) is 6.79. The van der Waals surface area contributed by atoms with Gasteiger partial charge in [-0.05, 0) is 37.1 Å². The summed E-state index contributed by atoms with van der Waals surface area (Å²) in [5.74, 6) is 0.596. The SMILES string of the molecule is CCNC(CC)c1ccc(N(C)C2CCS(=O)(=O)C2)cc1. The molecular weight excluding hydrogens is 284 g/mol. The maximum atomic E-state index is 11.6. The summed E-state index contributed by atoms with van der Waals surface area (Å²) in [6, 6.07) is 8.98. The van der Waals surface area contributed by atoms with Crippen molar-refractivity contribution in [2.45, 2.75) is 38.8 Å². The van der Waals surface area contributed by atoms with Crippen LogP contribution in [0.3, 0.4) is 0 Å². The Kier molecular flexibility index (Phi) is 5.27. The summed E-state index contributed by atoms with van der Waals surface area (Å²) >= 11 is 0. The van der Waals surface area contributed by atoms with Gasteiger partial charge < -0.3 is 10.2 Å². The Labute approximate surface area is 128 Å². The minimum atomic E-state index is -2.83. The van der Waals surface area contributed by atoms with E-state index in [1.165, 1.54) is 5.56 Å². The Morgan fingerprint density at radius 1 is 1.29 bits per heavy atom. The van der Waals surface area contributed by atoms with Crippen molar-refractivity contribution in [3.8, 4) is 0 Å². The van der Waals surface area contributed by atoms with Gasteiger partial charge in [-0.1, -0.05) is 26.0 Å². The molecule has 1 N–H and O–H groups in total. The highest BCUT2D eigenvalue weighted by Crippen LogP contribution is 2.25. The van der Waals surface area contributed by atoms with E-state index in [1.807, 2.05) is 7.05 Å². The Morgan fingerprint density at radius 2 is 1.95 bits per heavy atom. The van der Waals surface area contributed by atoms with Crippen molar-refractivity contribution < 1.29 is 8.42 Å². The number of hydrogen-bond acceptors (Lipinski definition) is 4. The number of sulfone groups is 1. The molecule has 1 fully saturated rings. The van der Waals surface area contributed by atoms with Crippen LogP contribution in [0.2, 0.25) is 0 Å². The third-order valence-corrected chi connectivity index (χ3v) is 6.07. The maximum Gasteiger partial charge on any atom is 0.152 e. The highest BCUT2D eigenvalue weighted by molar-refractivity contribution is 7.91. The lowest BCUT2D eigenvalue weighted by molar-refractivity contribution is 0.537. The van der Waals surface area contributed by atoms with E-state index in [4.69, 9.17) is 0 Å². The third kappa shape index (κ3) is 3.98. The molecule has 0 saturated carbocycles. The molecule has 1 saturated heterocycles. The Bertz CT molecular complexity index is 554. The monoisotopic (exact) mass is 310 g/mol. The number of anilines is 1. The van der Waals surface area contributed by atoms with E-state index in [0.717, 1.165) is 25.1 Å². The van der Waals surface area contributed by atoms with Crippen molar-refractivity contribution >= 4 is 15.5 Å². The van der Waals surface area contributed by atoms with Gasteiger partial charge in [0.25, 0.3) is 0 Å². The fourth-order valence-electron chi connectivity index (χ4n) is 2.98. The number of hydrogen-bond donors (Lipinski definition) is 1. The molecule has 1 aliphatic rings. The standard InChI is InChI=1S/C16H26N2O2S/c1-4-16(17-5-2)13-6-8-14(9-7-13)18(3)15-10-11-21(19,20)12-15/h6-9,15-17H,4-5,10-12H2,1-3H3. The van der Waals surface area contributed by atoms with Gasteiger partial charge in [-0.25, -0.2) is 8.42 Å². The number of rotatable bonds is 6. The largest absolute Gasteiger partial charge is 0.371 e. The normalized spacial score (nSPS) is 22.1. The van der Waals surface area contributed by atoms with Gasteiger partial charge in [0.2, 0.25) is 0 Å². The molecule has 1 heterocycles. The summed E-state index contributed by atoms with van der Waals surface area (Å²) in [4.78, 5) is 2.10. The first-order valence-corrected chi connectivity index (χ1v) is 9.55. The Hall–Kier alpha value is -1.07. The van der Waals surface area contributed by atoms with Crippen LogP contribution in [0.4, 0.5) is 5.69 Å². The van der Waals surface area contributed by atoms with Crippen LogP contribution < -0.4 is 10.2 Å². The number of nitrogens with one attached hydrogen (secondary N) is 1. The second-order valence-corrected chi connectivity index (χ2v) is 8.01. The van der Waals surface area contributed by atoms with Gasteiger partial charge in [-0.3, -0.25) is 0 Å². The molecule has 0 spiro atoms. The Balaban J connectivity index is 2.08. The smallest absolute Gasteiger partial charge is 0.152 e. The summed E-state index contributed by atoms with van der Waals surface area (Å²) in [7, 11) is -0.845. The maximum absolute atomic E-state index is 11.6. The summed E-state index contributed by atoms with van der Waals surface area (Å²) in [5.41, 5.74) is 2.38. The van der Waals surface area contributed by atoms with Crippen LogP contribution in [0.1, 0.15) is 38.3 Å². The zero-order valence-electron chi connectivity index (χ0n) is 13.2. The molecule has 2 rings (SSSR count). The molecule has 2 unspecified atom stereocenters. The molecule has 1 aliphatic heterocycles. The van der Waals surface area contributed by atoms with Gasteiger partial charge in [-0.2, -0.15) is 0 Å². The predicted molar refractivity (Wildman–Crippen MR) is 88.6 cm³/mol. The second-order valence-electron chi connectivity index (χ2n) is 5.78. The van der Waals surface area contributed by atoms with E-state index in [9.17, 15) is 8.42 Å². The van der Waals surface area contributed by atoms with E-state index in [1.54, 1.807) is 0 Å². The highest BCUT2D eigenvalue weighted by Gasteiger charge is 2.30. The minimum absolute atomic E-state index is 0.108. The molecule has 1 aromatic carbocycles. The summed E-state index contributed by atoms with van der Waals surface area (Å²) in [6.07, 6.45) is 1.79. The van der Waals surface area contributed by atoms with Crippen LogP contribution in [-0.4, -0.2) is 39.6 Å². The van der Waals surface area contributed by atoms with Gasteiger partial charge in [0, 0.05) is 24.8 Å². The van der Waals surface area contributed by atoms with E-state index in [-0.39, 0.29) is 11.8 Å². The van der Waals surface area contributed by atoms with Gasteiger partial charge in [0.15, 0.2) is 9.84 Å². The average molecular weight is 310 g/mol. The first-order chi connectivity index (χ1) is 9.96. The van der Waals surface area contributed by atoms with Crippen LogP contribution >= 0.6 is 0 Å². The first kappa shape index (κ1) is 16.3. The van der Waals surface area contributed by atoms with Crippen molar-refractivity contribution in [1.29, 1.82) is 0 Å². The molecule has 1 aromatic rings. The zero-order valence-corrected chi connectivity index (χ0v) is 14.0. The fraction of sp³-hybridized carbons (Fsp3) is 0.625. The molecule has 0 amide bonds. The quantitative estimate of drug-likeness (QED) is 0.876. The van der Waals surface area contributed by atoms with E-state index in [0.29, 0.717) is 11.8 Å².